The lowest BCUT2D eigenvalue weighted by Crippen LogP contribution is -2.44. The molecule has 2 fully saturated rings. The van der Waals surface area contributed by atoms with Gasteiger partial charge in [0.2, 0.25) is 0 Å². The molecule has 1 saturated carbocycles. The lowest BCUT2D eigenvalue weighted by Gasteiger charge is -2.40. The van der Waals surface area contributed by atoms with E-state index in [0.29, 0.717) is 19.6 Å². The van der Waals surface area contributed by atoms with Crippen molar-refractivity contribution in [1.82, 2.24) is 4.98 Å². The number of ether oxygens (including phenoxy) is 2. The lowest BCUT2D eigenvalue weighted by molar-refractivity contribution is -0.202. The summed E-state index contributed by atoms with van der Waals surface area (Å²) in [4.78, 5) is 4.71. The topological polar surface area (TPSA) is 51.6 Å². The highest BCUT2D eigenvalue weighted by atomic mass is 32.1. The molecule has 1 aromatic rings. The summed E-state index contributed by atoms with van der Waals surface area (Å²) in [6, 6.07) is 0. The van der Waals surface area contributed by atoms with Crippen LogP contribution >= 0.6 is 11.3 Å². The normalized spacial score (nSPS) is 24.6. The number of thiazole rings is 1. The molecule has 2 aliphatic rings. The zero-order valence-corrected chi connectivity index (χ0v) is 14.0. The van der Waals surface area contributed by atoms with Crippen LogP contribution in [0.25, 0.3) is 0 Å². The minimum absolute atomic E-state index is 0.0690. The van der Waals surface area contributed by atoms with Crippen LogP contribution in [-0.4, -0.2) is 34.7 Å². The Bertz CT molecular complexity index is 490. The number of nitrogens with zero attached hydrogens (tertiary/aromatic N) is 1. The second-order valence-corrected chi connectivity index (χ2v) is 8.33. The van der Waals surface area contributed by atoms with E-state index in [9.17, 15) is 5.11 Å². The van der Waals surface area contributed by atoms with Gasteiger partial charge in [-0.25, -0.2) is 4.98 Å². The van der Waals surface area contributed by atoms with Gasteiger partial charge in [-0.3, -0.25) is 0 Å². The van der Waals surface area contributed by atoms with Crippen LogP contribution in [0.15, 0.2) is 5.38 Å². The molecular formula is C16H25NO3S. The maximum atomic E-state index is 10.8. The van der Waals surface area contributed by atoms with Crippen molar-refractivity contribution in [3.05, 3.63) is 16.1 Å². The molecule has 4 nitrogen and oxygen atoms in total. The van der Waals surface area contributed by atoms with Crippen molar-refractivity contribution >= 4 is 11.3 Å². The monoisotopic (exact) mass is 311 g/mol. The second-order valence-electron chi connectivity index (χ2n) is 7.39. The highest BCUT2D eigenvalue weighted by Gasteiger charge is 2.45. The van der Waals surface area contributed by atoms with Crippen LogP contribution in [0.2, 0.25) is 0 Å². The fraction of sp³-hybridized carbons (Fsp3) is 0.812. The molecule has 0 bridgehead atoms. The summed E-state index contributed by atoms with van der Waals surface area (Å²) in [5.41, 5.74) is 0.522. The Hall–Kier alpha value is -0.490. The van der Waals surface area contributed by atoms with E-state index in [0.717, 1.165) is 36.4 Å². The third-order valence-corrected chi connectivity index (χ3v) is 5.41. The molecule has 1 saturated heterocycles. The van der Waals surface area contributed by atoms with Crippen molar-refractivity contribution < 1.29 is 14.6 Å². The zero-order chi connectivity index (χ0) is 15.1. The van der Waals surface area contributed by atoms with Crippen molar-refractivity contribution in [2.24, 2.45) is 0 Å². The van der Waals surface area contributed by atoms with E-state index < -0.39 is 11.4 Å². The van der Waals surface area contributed by atoms with E-state index in [1.54, 1.807) is 11.3 Å². The molecule has 1 spiro atoms. The molecule has 0 aromatic carbocycles. The van der Waals surface area contributed by atoms with Gasteiger partial charge in [0.1, 0.15) is 0 Å². The third-order valence-electron chi connectivity index (χ3n) is 4.56. The molecular weight excluding hydrogens is 286 g/mol. The van der Waals surface area contributed by atoms with E-state index in [4.69, 9.17) is 14.5 Å². The molecule has 2 heterocycles. The largest absolute Gasteiger partial charge is 0.389 e. The molecule has 3 rings (SSSR count). The van der Waals surface area contributed by atoms with Crippen molar-refractivity contribution in [3.63, 3.8) is 0 Å². The molecule has 5 heteroatoms. The summed E-state index contributed by atoms with van der Waals surface area (Å²) in [5, 5.41) is 14.0. The quantitative estimate of drug-likeness (QED) is 0.912. The first kappa shape index (κ1) is 15.4. The summed E-state index contributed by atoms with van der Waals surface area (Å²) >= 11 is 1.66. The Morgan fingerprint density at radius 1 is 1.19 bits per heavy atom. The lowest BCUT2D eigenvalue weighted by atomic mass is 9.79. The van der Waals surface area contributed by atoms with E-state index in [1.165, 1.54) is 0 Å². The molecule has 0 radical (unpaired) electrons. The first-order valence-electron chi connectivity index (χ1n) is 7.76. The molecule has 1 N–H and O–H groups in total. The summed E-state index contributed by atoms with van der Waals surface area (Å²) in [6.45, 7) is 7.86. The fourth-order valence-corrected chi connectivity index (χ4v) is 4.23. The van der Waals surface area contributed by atoms with Gasteiger partial charge in [-0.1, -0.05) is 20.8 Å². The fourth-order valence-electron chi connectivity index (χ4n) is 3.08. The van der Waals surface area contributed by atoms with Crippen molar-refractivity contribution in [2.75, 3.05) is 13.2 Å². The van der Waals surface area contributed by atoms with Gasteiger partial charge >= 0.3 is 0 Å². The van der Waals surface area contributed by atoms with Gasteiger partial charge < -0.3 is 14.6 Å². The summed E-state index contributed by atoms with van der Waals surface area (Å²) in [6.07, 6.45) is 3.64. The van der Waals surface area contributed by atoms with Gasteiger partial charge in [-0.05, 0) is 12.8 Å². The van der Waals surface area contributed by atoms with Crippen molar-refractivity contribution in [1.29, 1.82) is 0 Å². The van der Waals surface area contributed by atoms with Crippen molar-refractivity contribution in [2.45, 2.75) is 69.7 Å². The Morgan fingerprint density at radius 2 is 1.81 bits per heavy atom. The second kappa shape index (κ2) is 5.30. The van der Waals surface area contributed by atoms with Gasteiger partial charge in [0, 0.05) is 30.1 Å². The molecule has 118 valence electrons. The van der Waals surface area contributed by atoms with Crippen LogP contribution in [0, 0.1) is 0 Å². The number of hydrogen-bond donors (Lipinski definition) is 1. The summed E-state index contributed by atoms with van der Waals surface area (Å²) in [5.74, 6) is -0.411. The summed E-state index contributed by atoms with van der Waals surface area (Å²) in [7, 11) is 0. The Labute approximate surface area is 130 Å². The highest BCUT2D eigenvalue weighted by molar-refractivity contribution is 7.09. The molecule has 21 heavy (non-hydrogen) atoms. The summed E-state index contributed by atoms with van der Waals surface area (Å²) < 4.78 is 11.5. The minimum Gasteiger partial charge on any atom is -0.389 e. The minimum atomic E-state index is -0.659. The van der Waals surface area contributed by atoms with Crippen LogP contribution in [0.1, 0.15) is 57.2 Å². The number of aliphatic hydroxyl groups is 1. The van der Waals surface area contributed by atoms with Crippen LogP contribution in [0.5, 0.6) is 0 Å². The van der Waals surface area contributed by atoms with Crippen LogP contribution in [0.4, 0.5) is 0 Å². The molecule has 1 aromatic heterocycles. The average Bonchev–Trinajstić information content (AvgIpc) is 3.03. The van der Waals surface area contributed by atoms with Gasteiger partial charge in [-0.15, -0.1) is 11.3 Å². The first-order chi connectivity index (χ1) is 9.80. The Morgan fingerprint density at radius 3 is 2.33 bits per heavy atom. The van der Waals surface area contributed by atoms with Crippen LogP contribution < -0.4 is 0 Å². The third kappa shape index (κ3) is 3.31. The van der Waals surface area contributed by atoms with E-state index in [2.05, 4.69) is 26.2 Å². The SMILES string of the molecule is CC(C)(C)c1csc(CC2(O)CCC3(CC2)OCCO3)n1. The predicted octanol–water partition coefficient (Wildman–Crippen LogP) is 3.03. The molecule has 0 atom stereocenters. The van der Waals surface area contributed by atoms with Crippen molar-refractivity contribution in [3.8, 4) is 0 Å². The van der Waals surface area contributed by atoms with Crippen LogP contribution in [0.3, 0.4) is 0 Å². The molecule has 1 aliphatic carbocycles. The van der Waals surface area contributed by atoms with Crippen LogP contribution in [-0.2, 0) is 21.3 Å². The van der Waals surface area contributed by atoms with E-state index in [1.807, 2.05) is 0 Å². The molecule has 0 unspecified atom stereocenters. The number of hydrogen-bond acceptors (Lipinski definition) is 5. The number of aromatic nitrogens is 1. The number of rotatable bonds is 2. The van der Waals surface area contributed by atoms with E-state index >= 15 is 0 Å². The Kier molecular flexibility index (Phi) is 3.89. The van der Waals surface area contributed by atoms with Gasteiger partial charge in [-0.2, -0.15) is 0 Å². The smallest absolute Gasteiger partial charge is 0.168 e. The molecule has 1 aliphatic heterocycles. The highest BCUT2D eigenvalue weighted by Crippen LogP contribution is 2.41. The van der Waals surface area contributed by atoms with Gasteiger partial charge in [0.25, 0.3) is 0 Å². The average molecular weight is 311 g/mol. The van der Waals surface area contributed by atoms with Gasteiger partial charge in [0.05, 0.1) is 29.5 Å². The maximum Gasteiger partial charge on any atom is 0.168 e. The maximum absolute atomic E-state index is 10.8. The zero-order valence-electron chi connectivity index (χ0n) is 13.1. The Balaban J connectivity index is 1.63. The van der Waals surface area contributed by atoms with Gasteiger partial charge in [0.15, 0.2) is 5.79 Å². The first-order valence-corrected chi connectivity index (χ1v) is 8.64. The standard InChI is InChI=1S/C16H25NO3S/c1-14(2,3)12-11-21-13(17-12)10-15(18)4-6-16(7-5-15)19-8-9-20-16/h11,18H,4-10H2,1-3H3. The molecule has 0 amide bonds. The predicted molar refractivity (Wildman–Crippen MR) is 82.6 cm³/mol. The van der Waals surface area contributed by atoms with E-state index in [-0.39, 0.29) is 5.41 Å².